The van der Waals surface area contributed by atoms with Crippen molar-refractivity contribution in [3.63, 3.8) is 0 Å². The van der Waals surface area contributed by atoms with Gasteiger partial charge in [0.15, 0.2) is 0 Å². The van der Waals surface area contributed by atoms with Crippen molar-refractivity contribution < 1.29 is 19.1 Å². The molecule has 0 aliphatic carbocycles. The first kappa shape index (κ1) is 23.7. The van der Waals surface area contributed by atoms with E-state index in [1.165, 1.54) is 32.1 Å². The second-order valence-electron chi connectivity index (χ2n) is 6.60. The molecule has 0 aliphatic heterocycles. The highest BCUT2D eigenvalue weighted by atomic mass is 16.5. The molecule has 4 heteroatoms. The molecule has 0 radical (unpaired) electrons. The first-order valence-electron chi connectivity index (χ1n) is 10.1. The van der Waals surface area contributed by atoms with Crippen molar-refractivity contribution in [2.75, 3.05) is 6.61 Å². The van der Waals surface area contributed by atoms with Crippen molar-refractivity contribution in [1.82, 2.24) is 0 Å². The summed E-state index contributed by atoms with van der Waals surface area (Å²) in [5, 5.41) is 0. The van der Waals surface area contributed by atoms with E-state index in [1.54, 1.807) is 0 Å². The molecule has 0 bridgehead atoms. The average molecular weight is 355 g/mol. The Hall–Kier alpha value is -1.32. The highest BCUT2D eigenvalue weighted by Crippen LogP contribution is 2.11. The third kappa shape index (κ3) is 17.3. The van der Waals surface area contributed by atoms with Crippen LogP contribution in [0.15, 0.2) is 12.2 Å². The van der Waals surface area contributed by atoms with Gasteiger partial charge in [-0.3, -0.25) is 9.59 Å². The lowest BCUT2D eigenvalue weighted by Crippen LogP contribution is -2.15. The maximum Gasteiger partial charge on any atom is 0.306 e. The maximum absolute atomic E-state index is 11.8. The molecule has 0 spiro atoms. The number of esters is 2. The van der Waals surface area contributed by atoms with Gasteiger partial charge >= 0.3 is 11.9 Å². The fraction of sp³-hybridized carbons (Fsp3) is 0.810. The highest BCUT2D eigenvalue weighted by molar-refractivity contribution is 5.72. The fourth-order valence-electron chi connectivity index (χ4n) is 2.53. The van der Waals surface area contributed by atoms with Gasteiger partial charge in [0.25, 0.3) is 0 Å². The summed E-state index contributed by atoms with van der Waals surface area (Å²) in [7, 11) is 0. The zero-order valence-electron chi connectivity index (χ0n) is 16.6. The number of rotatable bonds is 16. The summed E-state index contributed by atoms with van der Waals surface area (Å²) >= 11 is 0. The smallest absolute Gasteiger partial charge is 0.306 e. The summed E-state index contributed by atoms with van der Waals surface area (Å²) in [6.07, 6.45) is 15.2. The number of unbranched alkanes of at least 4 members (excludes halogenated alkanes) is 5. The molecule has 0 aromatic heterocycles. The van der Waals surface area contributed by atoms with Crippen LogP contribution in [0.5, 0.6) is 0 Å². The summed E-state index contributed by atoms with van der Waals surface area (Å²) in [6.45, 7) is 6.64. The SMILES string of the molecule is CC/C=C\CCOC(=O)CCCC(=O)OC(C)CCCCCCCC. The molecule has 0 fully saturated rings. The molecule has 146 valence electrons. The number of carbonyl (C=O) groups is 2. The van der Waals surface area contributed by atoms with Crippen LogP contribution in [0.25, 0.3) is 0 Å². The predicted octanol–water partition coefficient (Wildman–Crippen LogP) is 5.74. The van der Waals surface area contributed by atoms with Crippen LogP contribution in [-0.4, -0.2) is 24.6 Å². The number of hydrogen-bond donors (Lipinski definition) is 0. The van der Waals surface area contributed by atoms with Gasteiger partial charge in [-0.2, -0.15) is 0 Å². The first-order chi connectivity index (χ1) is 12.1. The Balaban J connectivity index is 3.55. The van der Waals surface area contributed by atoms with Crippen LogP contribution < -0.4 is 0 Å². The number of carbonyl (C=O) groups excluding carboxylic acids is 2. The molecule has 0 rings (SSSR count). The van der Waals surface area contributed by atoms with Gasteiger partial charge in [-0.1, -0.05) is 58.1 Å². The minimum absolute atomic E-state index is 0.0315. The first-order valence-corrected chi connectivity index (χ1v) is 10.1. The standard InChI is InChI=1S/C21H38O4/c1-4-6-8-10-11-12-15-19(3)25-21(23)17-14-16-20(22)24-18-13-9-7-5-2/h7,9,19H,4-6,8,10-18H2,1-3H3/b9-7-. The number of allylic oxidation sites excluding steroid dienone is 1. The second-order valence-corrected chi connectivity index (χ2v) is 6.60. The Morgan fingerprint density at radius 3 is 2.28 bits per heavy atom. The van der Waals surface area contributed by atoms with E-state index in [0.29, 0.717) is 13.0 Å². The van der Waals surface area contributed by atoms with Gasteiger partial charge in [-0.25, -0.2) is 0 Å². The van der Waals surface area contributed by atoms with Crippen molar-refractivity contribution in [3.8, 4) is 0 Å². The van der Waals surface area contributed by atoms with Gasteiger partial charge in [0, 0.05) is 12.8 Å². The van der Waals surface area contributed by atoms with Crippen LogP contribution in [-0.2, 0) is 19.1 Å². The number of ether oxygens (including phenoxy) is 2. The van der Waals surface area contributed by atoms with E-state index < -0.39 is 0 Å². The molecule has 0 aromatic carbocycles. The molecule has 0 aromatic rings. The molecule has 0 amide bonds. The summed E-state index contributed by atoms with van der Waals surface area (Å²) in [5.41, 5.74) is 0. The predicted molar refractivity (Wildman–Crippen MR) is 102 cm³/mol. The Bertz CT molecular complexity index is 363. The molecular weight excluding hydrogens is 316 g/mol. The van der Waals surface area contributed by atoms with Gasteiger partial charge in [0.1, 0.15) is 0 Å². The zero-order valence-corrected chi connectivity index (χ0v) is 16.6. The van der Waals surface area contributed by atoms with E-state index in [4.69, 9.17) is 9.47 Å². The quantitative estimate of drug-likeness (QED) is 0.201. The lowest BCUT2D eigenvalue weighted by Gasteiger charge is -2.13. The van der Waals surface area contributed by atoms with Crippen LogP contribution in [0.2, 0.25) is 0 Å². The van der Waals surface area contributed by atoms with Gasteiger partial charge in [0.05, 0.1) is 12.7 Å². The maximum atomic E-state index is 11.8. The Labute approximate surface area is 154 Å². The Morgan fingerprint density at radius 2 is 1.56 bits per heavy atom. The van der Waals surface area contributed by atoms with Crippen molar-refractivity contribution in [2.24, 2.45) is 0 Å². The third-order valence-corrected chi connectivity index (χ3v) is 4.01. The van der Waals surface area contributed by atoms with Crippen LogP contribution in [0.1, 0.15) is 97.8 Å². The highest BCUT2D eigenvalue weighted by Gasteiger charge is 2.11. The molecule has 0 aliphatic rings. The fourth-order valence-corrected chi connectivity index (χ4v) is 2.53. The van der Waals surface area contributed by atoms with Crippen molar-refractivity contribution in [1.29, 1.82) is 0 Å². The second kappa shape index (κ2) is 17.5. The molecular formula is C21H38O4. The van der Waals surface area contributed by atoms with Gasteiger partial charge in [-0.05, 0) is 39.0 Å². The van der Waals surface area contributed by atoms with E-state index in [-0.39, 0.29) is 30.9 Å². The van der Waals surface area contributed by atoms with Crippen LogP contribution in [0.3, 0.4) is 0 Å². The minimum atomic E-state index is -0.238. The van der Waals surface area contributed by atoms with Crippen molar-refractivity contribution in [3.05, 3.63) is 12.2 Å². The van der Waals surface area contributed by atoms with E-state index in [0.717, 1.165) is 25.7 Å². The van der Waals surface area contributed by atoms with E-state index in [1.807, 2.05) is 13.0 Å². The molecule has 1 unspecified atom stereocenters. The summed E-state index contributed by atoms with van der Waals surface area (Å²) in [5.74, 6) is -0.449. The van der Waals surface area contributed by atoms with E-state index in [2.05, 4.69) is 19.9 Å². The number of hydrogen-bond acceptors (Lipinski definition) is 4. The minimum Gasteiger partial charge on any atom is -0.465 e. The topological polar surface area (TPSA) is 52.6 Å². The van der Waals surface area contributed by atoms with Crippen molar-refractivity contribution in [2.45, 2.75) is 104 Å². The van der Waals surface area contributed by atoms with E-state index >= 15 is 0 Å². The molecule has 1 atom stereocenters. The lowest BCUT2D eigenvalue weighted by atomic mass is 10.1. The molecule has 0 heterocycles. The van der Waals surface area contributed by atoms with Crippen LogP contribution >= 0.6 is 0 Å². The van der Waals surface area contributed by atoms with Gasteiger partial charge < -0.3 is 9.47 Å². The molecule has 0 saturated carbocycles. The molecule has 4 nitrogen and oxygen atoms in total. The summed E-state index contributed by atoms with van der Waals surface area (Å²) < 4.78 is 10.5. The lowest BCUT2D eigenvalue weighted by molar-refractivity contribution is -0.149. The zero-order chi connectivity index (χ0) is 18.8. The molecule has 0 N–H and O–H groups in total. The monoisotopic (exact) mass is 354 g/mol. The molecule has 25 heavy (non-hydrogen) atoms. The Kier molecular flexibility index (Phi) is 16.6. The van der Waals surface area contributed by atoms with Gasteiger partial charge in [-0.15, -0.1) is 0 Å². The van der Waals surface area contributed by atoms with E-state index in [9.17, 15) is 9.59 Å². The van der Waals surface area contributed by atoms with Crippen LogP contribution in [0.4, 0.5) is 0 Å². The van der Waals surface area contributed by atoms with Crippen molar-refractivity contribution >= 4 is 11.9 Å². The van der Waals surface area contributed by atoms with Crippen LogP contribution in [0, 0.1) is 0 Å². The summed E-state index contributed by atoms with van der Waals surface area (Å²) in [6, 6.07) is 0. The largest absolute Gasteiger partial charge is 0.465 e. The normalized spacial score (nSPS) is 12.3. The Morgan fingerprint density at radius 1 is 0.880 bits per heavy atom. The summed E-state index contributed by atoms with van der Waals surface area (Å²) in [4.78, 5) is 23.3. The van der Waals surface area contributed by atoms with Gasteiger partial charge in [0.2, 0.25) is 0 Å². The average Bonchev–Trinajstić information content (AvgIpc) is 2.57. The third-order valence-electron chi connectivity index (χ3n) is 4.01. The molecule has 0 saturated heterocycles.